The number of aliphatic hydroxyl groups is 1. The molecule has 2 unspecified atom stereocenters. The first-order valence-corrected chi connectivity index (χ1v) is 6.00. The summed E-state index contributed by atoms with van der Waals surface area (Å²) in [4.78, 5) is 0. The van der Waals surface area contributed by atoms with Crippen molar-refractivity contribution in [1.29, 1.82) is 0 Å². The van der Waals surface area contributed by atoms with Gasteiger partial charge < -0.3 is 20.3 Å². The summed E-state index contributed by atoms with van der Waals surface area (Å²) in [5.41, 5.74) is 1.10. The van der Waals surface area contributed by atoms with Crippen molar-refractivity contribution in [1.82, 2.24) is 5.32 Å². The third kappa shape index (κ3) is 2.90. The number of hydrogen-bond donors (Lipinski definition) is 3. The van der Waals surface area contributed by atoms with Crippen molar-refractivity contribution in [3.8, 4) is 11.5 Å². The molecule has 0 saturated heterocycles. The van der Waals surface area contributed by atoms with E-state index in [9.17, 15) is 5.11 Å². The maximum Gasteiger partial charge on any atom is 0.127 e. The van der Waals surface area contributed by atoms with Crippen molar-refractivity contribution in [3.63, 3.8) is 0 Å². The fourth-order valence-corrected chi connectivity index (χ4v) is 2.03. The Kier molecular flexibility index (Phi) is 3.86. The van der Waals surface area contributed by atoms with Crippen molar-refractivity contribution < 1.29 is 14.9 Å². The number of phenols is 1. The minimum absolute atomic E-state index is 0.187. The maximum atomic E-state index is 9.34. The Bertz CT molecular complexity index is 381. The smallest absolute Gasteiger partial charge is 0.127 e. The quantitative estimate of drug-likeness (QED) is 0.725. The van der Waals surface area contributed by atoms with E-state index in [4.69, 9.17) is 9.84 Å². The summed E-state index contributed by atoms with van der Waals surface area (Å²) in [5.74, 6) is 1.44. The molecule has 0 bridgehead atoms. The monoisotopic (exact) mass is 237 g/mol. The Labute approximate surface area is 101 Å². The molecule has 4 heteroatoms. The third-order valence-corrected chi connectivity index (χ3v) is 3.11. The van der Waals surface area contributed by atoms with E-state index in [-0.39, 0.29) is 18.4 Å². The largest absolute Gasteiger partial charge is 0.508 e. The first-order valence-electron chi connectivity index (χ1n) is 6.00. The molecule has 0 aliphatic carbocycles. The minimum Gasteiger partial charge on any atom is -0.508 e. The molecule has 4 nitrogen and oxygen atoms in total. The van der Waals surface area contributed by atoms with Crippen molar-refractivity contribution in [2.45, 2.75) is 19.4 Å². The topological polar surface area (TPSA) is 61.7 Å². The third-order valence-electron chi connectivity index (χ3n) is 3.11. The Morgan fingerprint density at radius 1 is 1.53 bits per heavy atom. The van der Waals surface area contributed by atoms with Crippen LogP contribution in [0.1, 0.15) is 24.9 Å². The summed E-state index contributed by atoms with van der Waals surface area (Å²) >= 11 is 0. The molecule has 1 aromatic rings. The van der Waals surface area contributed by atoms with Crippen LogP contribution in [0.2, 0.25) is 0 Å². The van der Waals surface area contributed by atoms with Gasteiger partial charge in [-0.1, -0.05) is 6.92 Å². The van der Waals surface area contributed by atoms with Gasteiger partial charge in [-0.2, -0.15) is 0 Å². The zero-order valence-electron chi connectivity index (χ0n) is 10.0. The van der Waals surface area contributed by atoms with Crippen LogP contribution in [-0.2, 0) is 0 Å². The van der Waals surface area contributed by atoms with Crippen LogP contribution in [0.5, 0.6) is 11.5 Å². The van der Waals surface area contributed by atoms with Gasteiger partial charge in [0, 0.05) is 18.2 Å². The molecule has 0 radical (unpaired) electrons. The van der Waals surface area contributed by atoms with Crippen LogP contribution in [0.4, 0.5) is 0 Å². The molecule has 94 valence electrons. The van der Waals surface area contributed by atoms with E-state index >= 15 is 0 Å². The number of aliphatic hydroxyl groups excluding tert-OH is 1. The van der Waals surface area contributed by atoms with Gasteiger partial charge in [-0.3, -0.25) is 0 Å². The number of ether oxygens (including phenoxy) is 1. The number of nitrogens with one attached hydrogen (secondary N) is 1. The number of phenolic OH excluding ortho intramolecular Hbond substituents is 1. The van der Waals surface area contributed by atoms with E-state index in [0.29, 0.717) is 12.5 Å². The van der Waals surface area contributed by atoms with Crippen LogP contribution in [0.25, 0.3) is 0 Å². The lowest BCUT2D eigenvalue weighted by Gasteiger charge is -2.15. The van der Waals surface area contributed by atoms with Gasteiger partial charge in [-0.15, -0.1) is 0 Å². The number of fused-ring (bicyclic) bond motifs is 1. The SMILES string of the molecule is CC(CCO)CNC1COc2cc(O)ccc21. The molecule has 2 rings (SSSR count). The molecule has 0 saturated carbocycles. The van der Waals surface area contributed by atoms with Gasteiger partial charge >= 0.3 is 0 Å². The van der Waals surface area contributed by atoms with Crippen LogP contribution >= 0.6 is 0 Å². The lowest BCUT2D eigenvalue weighted by atomic mass is 10.1. The second-order valence-corrected chi connectivity index (χ2v) is 4.61. The number of hydrogen-bond acceptors (Lipinski definition) is 4. The molecule has 1 aromatic carbocycles. The first-order chi connectivity index (χ1) is 8.20. The predicted molar refractivity (Wildman–Crippen MR) is 65.2 cm³/mol. The molecule has 0 amide bonds. The van der Waals surface area contributed by atoms with E-state index in [1.165, 1.54) is 0 Å². The average Bonchev–Trinajstić information content (AvgIpc) is 2.69. The van der Waals surface area contributed by atoms with Crippen molar-refractivity contribution in [2.24, 2.45) is 5.92 Å². The molecule has 0 aromatic heterocycles. The highest BCUT2D eigenvalue weighted by Gasteiger charge is 2.24. The standard InChI is InChI=1S/C13H19NO3/c1-9(4-5-15)7-14-12-8-17-13-6-10(16)2-3-11(12)13/h2-3,6,9,12,14-16H,4-5,7-8H2,1H3. The number of rotatable bonds is 5. The normalized spacial score (nSPS) is 19.8. The second kappa shape index (κ2) is 5.38. The molecule has 1 aliphatic heterocycles. The van der Waals surface area contributed by atoms with Crippen molar-refractivity contribution in [3.05, 3.63) is 23.8 Å². The zero-order chi connectivity index (χ0) is 12.3. The fraction of sp³-hybridized carbons (Fsp3) is 0.538. The Hall–Kier alpha value is -1.26. The van der Waals surface area contributed by atoms with Gasteiger partial charge in [0.05, 0.1) is 6.04 Å². The summed E-state index contributed by atoms with van der Waals surface area (Å²) in [7, 11) is 0. The summed E-state index contributed by atoms with van der Waals surface area (Å²) < 4.78 is 5.51. The lowest BCUT2D eigenvalue weighted by molar-refractivity contribution is 0.252. The van der Waals surface area contributed by atoms with Crippen LogP contribution < -0.4 is 10.1 Å². The Balaban J connectivity index is 1.93. The van der Waals surface area contributed by atoms with Crippen LogP contribution in [-0.4, -0.2) is 30.0 Å². The second-order valence-electron chi connectivity index (χ2n) is 4.61. The maximum absolute atomic E-state index is 9.34. The zero-order valence-corrected chi connectivity index (χ0v) is 10.0. The summed E-state index contributed by atoms with van der Waals surface area (Å²) in [6, 6.07) is 5.41. The van der Waals surface area contributed by atoms with Gasteiger partial charge in [0.2, 0.25) is 0 Å². The van der Waals surface area contributed by atoms with E-state index in [1.807, 2.05) is 6.07 Å². The molecule has 3 N–H and O–H groups in total. The van der Waals surface area contributed by atoms with E-state index in [0.717, 1.165) is 24.3 Å². The van der Waals surface area contributed by atoms with Crippen LogP contribution in [0, 0.1) is 5.92 Å². The van der Waals surface area contributed by atoms with Crippen LogP contribution in [0.3, 0.4) is 0 Å². The number of aromatic hydroxyl groups is 1. The minimum atomic E-state index is 0.187. The van der Waals surface area contributed by atoms with E-state index in [1.54, 1.807) is 12.1 Å². The lowest BCUT2D eigenvalue weighted by Crippen LogP contribution is -2.27. The highest BCUT2D eigenvalue weighted by atomic mass is 16.5. The summed E-state index contributed by atoms with van der Waals surface area (Å²) in [6.07, 6.45) is 0.809. The van der Waals surface area contributed by atoms with Crippen molar-refractivity contribution >= 4 is 0 Å². The molecule has 0 fully saturated rings. The first kappa shape index (κ1) is 12.2. The van der Waals surface area contributed by atoms with E-state index in [2.05, 4.69) is 12.2 Å². The Morgan fingerprint density at radius 2 is 2.35 bits per heavy atom. The van der Waals surface area contributed by atoms with E-state index < -0.39 is 0 Å². The highest BCUT2D eigenvalue weighted by Crippen LogP contribution is 2.34. The summed E-state index contributed by atoms with van der Waals surface area (Å²) in [6.45, 7) is 3.80. The van der Waals surface area contributed by atoms with Gasteiger partial charge in [0.1, 0.15) is 18.1 Å². The molecule has 0 spiro atoms. The van der Waals surface area contributed by atoms with Gasteiger partial charge in [0.15, 0.2) is 0 Å². The van der Waals surface area contributed by atoms with Gasteiger partial charge in [-0.05, 0) is 31.0 Å². The molecular weight excluding hydrogens is 218 g/mol. The summed E-state index contributed by atoms with van der Waals surface area (Å²) in [5, 5.41) is 21.6. The molecular formula is C13H19NO3. The molecule has 17 heavy (non-hydrogen) atoms. The Morgan fingerprint density at radius 3 is 3.12 bits per heavy atom. The van der Waals surface area contributed by atoms with Crippen molar-refractivity contribution in [2.75, 3.05) is 19.8 Å². The molecule has 1 aliphatic rings. The van der Waals surface area contributed by atoms with Gasteiger partial charge in [-0.25, -0.2) is 0 Å². The molecule has 1 heterocycles. The average molecular weight is 237 g/mol. The number of benzene rings is 1. The fourth-order valence-electron chi connectivity index (χ4n) is 2.03. The molecule has 2 atom stereocenters. The highest BCUT2D eigenvalue weighted by molar-refractivity contribution is 5.44. The van der Waals surface area contributed by atoms with Crippen LogP contribution in [0.15, 0.2) is 18.2 Å². The van der Waals surface area contributed by atoms with Gasteiger partial charge in [0.25, 0.3) is 0 Å². The predicted octanol–water partition coefficient (Wildman–Crippen LogP) is 1.43.